The number of hydrogen-bond donors (Lipinski definition) is 0. The van der Waals surface area contributed by atoms with Crippen LogP contribution in [0.3, 0.4) is 0 Å². The molecule has 0 atom stereocenters. The van der Waals surface area contributed by atoms with Crippen molar-refractivity contribution in [1.82, 2.24) is 9.21 Å². The van der Waals surface area contributed by atoms with Crippen LogP contribution in [0.4, 0.5) is 5.69 Å². The number of rotatable bonds is 5. The summed E-state index contributed by atoms with van der Waals surface area (Å²) in [5.41, 5.74) is 1.55. The van der Waals surface area contributed by atoms with Gasteiger partial charge in [-0.3, -0.25) is 14.9 Å². The van der Waals surface area contributed by atoms with Crippen molar-refractivity contribution in [3.05, 3.63) is 75.8 Å². The van der Waals surface area contributed by atoms with Crippen molar-refractivity contribution in [2.45, 2.75) is 11.8 Å². The molecule has 0 N–H and O–H groups in total. The summed E-state index contributed by atoms with van der Waals surface area (Å²) >= 11 is 0. The number of carbonyl (C=O) groups excluding carboxylic acids is 1. The molecule has 1 fully saturated rings. The molecule has 8 nitrogen and oxygen atoms in total. The first kappa shape index (κ1) is 20.7. The van der Waals surface area contributed by atoms with Crippen molar-refractivity contribution >= 4 is 27.7 Å². The average Bonchev–Trinajstić information content (AvgIpc) is 2.72. The fourth-order valence-corrected chi connectivity index (χ4v) is 4.74. The molecule has 152 valence electrons. The van der Waals surface area contributed by atoms with Gasteiger partial charge in [-0.2, -0.15) is 4.31 Å². The van der Waals surface area contributed by atoms with Gasteiger partial charge < -0.3 is 4.90 Å². The summed E-state index contributed by atoms with van der Waals surface area (Å²) in [6.45, 7) is 2.57. The number of hydrogen-bond acceptors (Lipinski definition) is 5. The zero-order chi connectivity index (χ0) is 21.0. The maximum absolute atomic E-state index is 12.8. The number of sulfonamides is 1. The Labute approximate surface area is 169 Å². The van der Waals surface area contributed by atoms with E-state index in [-0.39, 0.29) is 37.0 Å². The maximum Gasteiger partial charge on any atom is 0.289 e. The fraction of sp³-hybridized carbons (Fsp3) is 0.250. The number of nitrogens with zero attached hydrogens (tertiary/aromatic N) is 3. The second-order valence-electron chi connectivity index (χ2n) is 6.70. The Kier molecular flexibility index (Phi) is 6.09. The van der Waals surface area contributed by atoms with Crippen LogP contribution < -0.4 is 0 Å². The predicted molar refractivity (Wildman–Crippen MR) is 109 cm³/mol. The zero-order valence-electron chi connectivity index (χ0n) is 15.9. The number of carbonyl (C=O) groups is 1. The summed E-state index contributed by atoms with van der Waals surface area (Å²) in [6, 6.07) is 13.0. The van der Waals surface area contributed by atoms with Gasteiger partial charge in [-0.15, -0.1) is 0 Å². The molecule has 1 saturated heterocycles. The number of nitro groups is 1. The van der Waals surface area contributed by atoms with E-state index in [1.165, 1.54) is 34.6 Å². The molecule has 0 radical (unpaired) electrons. The summed E-state index contributed by atoms with van der Waals surface area (Å²) in [5, 5.41) is 11.2. The van der Waals surface area contributed by atoms with Gasteiger partial charge >= 0.3 is 0 Å². The molecule has 1 heterocycles. The van der Waals surface area contributed by atoms with Crippen LogP contribution in [0.2, 0.25) is 0 Å². The summed E-state index contributed by atoms with van der Waals surface area (Å²) < 4.78 is 26.9. The Bertz CT molecular complexity index is 1060. The van der Waals surface area contributed by atoms with E-state index < -0.39 is 20.6 Å². The van der Waals surface area contributed by atoms with Crippen molar-refractivity contribution in [2.75, 3.05) is 26.2 Å². The number of amides is 1. The van der Waals surface area contributed by atoms with E-state index in [2.05, 4.69) is 0 Å². The second kappa shape index (κ2) is 8.54. The quantitative estimate of drug-likeness (QED) is 0.424. The zero-order valence-corrected chi connectivity index (χ0v) is 16.7. The lowest BCUT2D eigenvalue weighted by Crippen LogP contribution is -2.50. The molecule has 0 spiro atoms. The summed E-state index contributed by atoms with van der Waals surface area (Å²) in [4.78, 5) is 24.1. The molecule has 1 amide bonds. The van der Waals surface area contributed by atoms with Gasteiger partial charge in [-0.1, -0.05) is 42.0 Å². The van der Waals surface area contributed by atoms with Crippen LogP contribution in [0.25, 0.3) is 6.08 Å². The third kappa shape index (κ3) is 4.69. The largest absolute Gasteiger partial charge is 0.337 e. The van der Waals surface area contributed by atoms with E-state index in [1.54, 1.807) is 11.0 Å². The van der Waals surface area contributed by atoms with Crippen LogP contribution in [-0.2, 0) is 14.8 Å². The lowest BCUT2D eigenvalue weighted by Gasteiger charge is -2.33. The Hall–Kier alpha value is -3.04. The predicted octanol–water partition coefficient (Wildman–Crippen LogP) is 2.45. The lowest BCUT2D eigenvalue weighted by atomic mass is 10.1. The Morgan fingerprint density at radius 3 is 2.41 bits per heavy atom. The maximum atomic E-state index is 12.8. The first-order valence-electron chi connectivity index (χ1n) is 9.06. The number of para-hydroxylation sites is 1. The van der Waals surface area contributed by atoms with Crippen molar-refractivity contribution in [2.24, 2.45) is 0 Å². The van der Waals surface area contributed by atoms with E-state index in [9.17, 15) is 23.3 Å². The molecular formula is C20H21N3O5S. The molecule has 3 rings (SSSR count). The summed E-state index contributed by atoms with van der Waals surface area (Å²) in [7, 11) is -4.01. The number of aryl methyl sites for hydroxylation is 1. The minimum atomic E-state index is -4.01. The SMILES string of the molecule is Cc1cccc(/C=C/C(=O)N2CCN(S(=O)(=O)c3ccccc3[N+](=O)[O-])CC2)c1. The number of piperazine rings is 1. The van der Waals surface area contributed by atoms with Crippen molar-refractivity contribution in [3.63, 3.8) is 0 Å². The van der Waals surface area contributed by atoms with E-state index >= 15 is 0 Å². The van der Waals surface area contributed by atoms with Gasteiger partial charge in [0.15, 0.2) is 4.90 Å². The van der Waals surface area contributed by atoms with Crippen LogP contribution in [0.15, 0.2) is 59.5 Å². The van der Waals surface area contributed by atoms with Gasteiger partial charge in [0, 0.05) is 38.3 Å². The molecule has 0 saturated carbocycles. The molecule has 0 aliphatic carbocycles. The van der Waals surface area contributed by atoms with Crippen LogP contribution in [0.1, 0.15) is 11.1 Å². The molecule has 2 aromatic carbocycles. The van der Waals surface area contributed by atoms with Crippen molar-refractivity contribution < 1.29 is 18.1 Å². The lowest BCUT2D eigenvalue weighted by molar-refractivity contribution is -0.387. The summed E-state index contributed by atoms with van der Waals surface area (Å²) in [6.07, 6.45) is 3.20. The van der Waals surface area contributed by atoms with E-state index in [0.717, 1.165) is 11.1 Å². The molecule has 0 bridgehead atoms. The molecule has 1 aliphatic rings. The van der Waals surface area contributed by atoms with E-state index in [0.29, 0.717) is 0 Å². The number of benzene rings is 2. The average molecular weight is 415 g/mol. The molecule has 29 heavy (non-hydrogen) atoms. The van der Waals surface area contributed by atoms with Crippen LogP contribution in [-0.4, -0.2) is 54.6 Å². The van der Waals surface area contributed by atoms with Crippen LogP contribution in [0.5, 0.6) is 0 Å². The van der Waals surface area contributed by atoms with Gasteiger partial charge in [-0.25, -0.2) is 8.42 Å². The Morgan fingerprint density at radius 1 is 1.07 bits per heavy atom. The normalized spacial score (nSPS) is 15.6. The van der Waals surface area contributed by atoms with E-state index in [1.807, 2.05) is 31.2 Å². The molecule has 2 aromatic rings. The van der Waals surface area contributed by atoms with Gasteiger partial charge in [0.25, 0.3) is 5.69 Å². The van der Waals surface area contributed by atoms with E-state index in [4.69, 9.17) is 0 Å². The second-order valence-corrected chi connectivity index (χ2v) is 8.61. The topological polar surface area (TPSA) is 101 Å². The van der Waals surface area contributed by atoms with Gasteiger partial charge in [-0.05, 0) is 24.6 Å². The fourth-order valence-electron chi connectivity index (χ4n) is 3.16. The Morgan fingerprint density at radius 2 is 1.76 bits per heavy atom. The van der Waals surface area contributed by atoms with Crippen molar-refractivity contribution in [3.8, 4) is 0 Å². The smallest absolute Gasteiger partial charge is 0.289 e. The highest BCUT2D eigenvalue weighted by Gasteiger charge is 2.34. The standard InChI is InChI=1S/C20H21N3O5S/c1-16-5-4-6-17(15-16)9-10-20(24)21-11-13-22(14-12-21)29(27,28)19-8-3-2-7-18(19)23(25)26/h2-10,15H,11-14H2,1H3/b10-9+. The monoisotopic (exact) mass is 415 g/mol. The first-order valence-corrected chi connectivity index (χ1v) is 10.5. The van der Waals surface area contributed by atoms with Crippen molar-refractivity contribution in [1.29, 1.82) is 0 Å². The highest BCUT2D eigenvalue weighted by Crippen LogP contribution is 2.26. The molecule has 1 aliphatic heterocycles. The van der Waals surface area contributed by atoms with Gasteiger partial charge in [0.05, 0.1) is 4.92 Å². The third-order valence-electron chi connectivity index (χ3n) is 4.69. The van der Waals surface area contributed by atoms with Crippen LogP contribution >= 0.6 is 0 Å². The summed E-state index contributed by atoms with van der Waals surface area (Å²) in [5.74, 6) is -0.200. The first-order chi connectivity index (χ1) is 13.8. The Balaban J connectivity index is 1.67. The molecular weight excluding hydrogens is 394 g/mol. The third-order valence-corrected chi connectivity index (χ3v) is 6.64. The van der Waals surface area contributed by atoms with Gasteiger partial charge in [0.2, 0.25) is 15.9 Å². The van der Waals surface area contributed by atoms with Gasteiger partial charge in [0.1, 0.15) is 0 Å². The molecule has 9 heteroatoms. The molecule has 0 unspecified atom stereocenters. The minimum Gasteiger partial charge on any atom is -0.337 e. The molecule has 0 aromatic heterocycles. The number of nitro benzene ring substituents is 1. The van der Waals surface area contributed by atoms with Crippen LogP contribution in [0, 0.1) is 17.0 Å². The minimum absolute atomic E-state index is 0.0818. The highest BCUT2D eigenvalue weighted by molar-refractivity contribution is 7.89. The highest BCUT2D eigenvalue weighted by atomic mass is 32.2.